The van der Waals surface area contributed by atoms with Crippen LogP contribution in [0.2, 0.25) is 0 Å². The number of carbonyl (C=O) groups excluding carboxylic acids is 1. The molecule has 4 rings (SSSR count). The Morgan fingerprint density at radius 3 is 2.52 bits per heavy atom. The minimum Gasteiger partial charge on any atom is -0.342 e. The summed E-state index contributed by atoms with van der Waals surface area (Å²) in [7, 11) is 0. The van der Waals surface area contributed by atoms with Crippen molar-refractivity contribution in [3.05, 3.63) is 27.4 Å². The number of carbonyl (C=O) groups is 1. The van der Waals surface area contributed by atoms with Gasteiger partial charge >= 0.3 is 0 Å². The van der Waals surface area contributed by atoms with Gasteiger partial charge in [0, 0.05) is 49.6 Å². The standard InChI is InChI=1S/C19H28N4O2/c1-12(2)23-10-7-15-16(11-23)20-17(21-18(15)24)13-5-8-22(9-6-13)19(25)14-3-4-14/h12-14H,3-11H2,1-2H3,(H,20,21,24). The van der Waals surface area contributed by atoms with Crippen molar-refractivity contribution >= 4 is 5.91 Å². The molecule has 0 spiro atoms. The highest BCUT2D eigenvalue weighted by Crippen LogP contribution is 2.33. The van der Waals surface area contributed by atoms with Crippen molar-refractivity contribution in [3.63, 3.8) is 0 Å². The van der Waals surface area contributed by atoms with Gasteiger partial charge in [-0.2, -0.15) is 0 Å². The molecule has 1 saturated carbocycles. The highest BCUT2D eigenvalue weighted by Gasteiger charge is 2.35. The maximum absolute atomic E-state index is 12.5. The molecule has 1 aliphatic carbocycles. The van der Waals surface area contributed by atoms with Crippen LogP contribution in [0, 0.1) is 5.92 Å². The lowest BCUT2D eigenvalue weighted by Gasteiger charge is -2.33. The maximum Gasteiger partial charge on any atom is 0.254 e. The number of amides is 1. The van der Waals surface area contributed by atoms with Crippen molar-refractivity contribution in [2.24, 2.45) is 5.92 Å². The zero-order valence-electron chi connectivity index (χ0n) is 15.3. The molecule has 136 valence electrons. The Kier molecular flexibility index (Phi) is 4.40. The normalized spacial score (nSPS) is 22.3. The predicted octanol–water partition coefficient (Wildman–Crippen LogP) is 1.65. The summed E-state index contributed by atoms with van der Waals surface area (Å²) >= 11 is 0. The van der Waals surface area contributed by atoms with Crippen LogP contribution < -0.4 is 5.56 Å². The second kappa shape index (κ2) is 6.56. The minimum atomic E-state index is 0.0416. The van der Waals surface area contributed by atoms with Crippen LogP contribution in [0.1, 0.15) is 62.5 Å². The predicted molar refractivity (Wildman–Crippen MR) is 95.4 cm³/mol. The van der Waals surface area contributed by atoms with E-state index in [4.69, 9.17) is 4.98 Å². The minimum absolute atomic E-state index is 0.0416. The number of rotatable bonds is 3. The lowest BCUT2D eigenvalue weighted by Crippen LogP contribution is -2.41. The quantitative estimate of drug-likeness (QED) is 0.905. The van der Waals surface area contributed by atoms with Gasteiger partial charge in [-0.25, -0.2) is 4.98 Å². The number of aromatic nitrogens is 2. The summed E-state index contributed by atoms with van der Waals surface area (Å²) in [5.74, 6) is 1.71. The van der Waals surface area contributed by atoms with Crippen LogP contribution in [0.25, 0.3) is 0 Å². The van der Waals surface area contributed by atoms with E-state index in [1.54, 1.807) is 0 Å². The van der Waals surface area contributed by atoms with E-state index in [1.165, 1.54) is 0 Å². The van der Waals surface area contributed by atoms with Gasteiger partial charge in [0.2, 0.25) is 5.91 Å². The number of nitrogens with zero attached hydrogens (tertiary/aromatic N) is 3. The van der Waals surface area contributed by atoms with Crippen LogP contribution in [0.5, 0.6) is 0 Å². The van der Waals surface area contributed by atoms with Crippen LogP contribution in [0.4, 0.5) is 0 Å². The zero-order chi connectivity index (χ0) is 17.6. The second-order valence-electron chi connectivity index (χ2n) is 8.06. The summed E-state index contributed by atoms with van der Waals surface area (Å²) < 4.78 is 0. The Bertz CT molecular complexity index is 715. The molecule has 3 heterocycles. The van der Waals surface area contributed by atoms with Gasteiger partial charge in [-0.05, 0) is 46.0 Å². The van der Waals surface area contributed by atoms with Gasteiger partial charge in [0.1, 0.15) is 5.82 Å². The van der Waals surface area contributed by atoms with E-state index in [2.05, 4.69) is 23.7 Å². The fraction of sp³-hybridized carbons (Fsp3) is 0.737. The molecule has 0 bridgehead atoms. The highest BCUT2D eigenvalue weighted by atomic mass is 16.2. The lowest BCUT2D eigenvalue weighted by molar-refractivity contribution is -0.133. The highest BCUT2D eigenvalue weighted by molar-refractivity contribution is 5.81. The van der Waals surface area contributed by atoms with Crippen LogP contribution in [-0.2, 0) is 17.8 Å². The van der Waals surface area contributed by atoms with Crippen molar-refractivity contribution in [2.45, 2.75) is 64.5 Å². The molecule has 1 N–H and O–H groups in total. The summed E-state index contributed by atoms with van der Waals surface area (Å²) in [4.78, 5) is 37.0. The smallest absolute Gasteiger partial charge is 0.254 e. The SMILES string of the molecule is CC(C)N1CCc2c(nc(C3CCN(C(=O)C4CC4)CC3)[nH]c2=O)C1. The van der Waals surface area contributed by atoms with Crippen molar-refractivity contribution in [2.75, 3.05) is 19.6 Å². The Hall–Kier alpha value is -1.69. The lowest BCUT2D eigenvalue weighted by atomic mass is 9.95. The van der Waals surface area contributed by atoms with Crippen molar-refractivity contribution in [3.8, 4) is 0 Å². The Labute approximate surface area is 148 Å². The first kappa shape index (κ1) is 16.8. The first-order valence-electron chi connectivity index (χ1n) is 9.67. The second-order valence-corrected chi connectivity index (χ2v) is 8.06. The number of piperidine rings is 1. The zero-order valence-corrected chi connectivity index (χ0v) is 15.3. The van der Waals surface area contributed by atoms with E-state index < -0.39 is 0 Å². The third kappa shape index (κ3) is 3.36. The van der Waals surface area contributed by atoms with E-state index in [0.717, 1.165) is 75.4 Å². The molecule has 2 aliphatic heterocycles. The third-order valence-corrected chi connectivity index (χ3v) is 5.97. The fourth-order valence-electron chi connectivity index (χ4n) is 4.08. The molecule has 6 heteroatoms. The molecule has 1 aromatic rings. The average molecular weight is 344 g/mol. The van der Waals surface area contributed by atoms with Crippen LogP contribution in [0.3, 0.4) is 0 Å². The molecule has 1 amide bonds. The number of nitrogens with one attached hydrogen (secondary N) is 1. The van der Waals surface area contributed by atoms with E-state index in [1.807, 2.05) is 4.90 Å². The van der Waals surface area contributed by atoms with E-state index in [9.17, 15) is 9.59 Å². The molecule has 0 aromatic carbocycles. The number of H-pyrrole nitrogens is 1. The van der Waals surface area contributed by atoms with Crippen LogP contribution >= 0.6 is 0 Å². The van der Waals surface area contributed by atoms with Crippen LogP contribution in [-0.4, -0.2) is 51.4 Å². The largest absolute Gasteiger partial charge is 0.342 e. The summed E-state index contributed by atoms with van der Waals surface area (Å²) in [5.41, 5.74) is 1.86. The summed E-state index contributed by atoms with van der Waals surface area (Å²) in [5, 5.41) is 0. The van der Waals surface area contributed by atoms with Gasteiger partial charge in [-0.3, -0.25) is 14.5 Å². The first-order chi connectivity index (χ1) is 12.0. The Morgan fingerprint density at radius 2 is 1.88 bits per heavy atom. The number of fused-ring (bicyclic) bond motifs is 1. The van der Waals surface area contributed by atoms with Crippen molar-refractivity contribution in [1.29, 1.82) is 0 Å². The molecule has 0 atom stereocenters. The number of aromatic amines is 1. The van der Waals surface area contributed by atoms with Crippen LogP contribution in [0.15, 0.2) is 4.79 Å². The summed E-state index contributed by atoms with van der Waals surface area (Å²) in [6, 6.07) is 0.467. The van der Waals surface area contributed by atoms with Gasteiger partial charge in [-0.15, -0.1) is 0 Å². The molecular formula is C19H28N4O2. The van der Waals surface area contributed by atoms with Gasteiger partial charge in [0.15, 0.2) is 0 Å². The first-order valence-corrected chi connectivity index (χ1v) is 9.67. The molecule has 0 unspecified atom stereocenters. The molecule has 6 nitrogen and oxygen atoms in total. The average Bonchev–Trinajstić information content (AvgIpc) is 3.45. The van der Waals surface area contributed by atoms with Gasteiger partial charge in [0.25, 0.3) is 5.56 Å². The summed E-state index contributed by atoms with van der Waals surface area (Å²) in [6.07, 6.45) is 4.70. The molecule has 2 fully saturated rings. The molecular weight excluding hydrogens is 316 g/mol. The maximum atomic E-state index is 12.5. The van der Waals surface area contributed by atoms with E-state index >= 15 is 0 Å². The Balaban J connectivity index is 1.48. The molecule has 0 radical (unpaired) electrons. The van der Waals surface area contributed by atoms with Gasteiger partial charge in [-0.1, -0.05) is 0 Å². The van der Waals surface area contributed by atoms with Gasteiger partial charge in [0.05, 0.1) is 5.69 Å². The fourth-order valence-corrected chi connectivity index (χ4v) is 4.08. The molecule has 3 aliphatic rings. The van der Waals surface area contributed by atoms with E-state index in [-0.39, 0.29) is 11.5 Å². The topological polar surface area (TPSA) is 69.3 Å². The number of hydrogen-bond donors (Lipinski definition) is 1. The summed E-state index contributed by atoms with van der Waals surface area (Å²) in [6.45, 7) is 7.65. The molecule has 1 aromatic heterocycles. The Morgan fingerprint density at radius 1 is 1.16 bits per heavy atom. The van der Waals surface area contributed by atoms with Crippen molar-refractivity contribution < 1.29 is 4.79 Å². The monoisotopic (exact) mass is 344 g/mol. The van der Waals surface area contributed by atoms with Gasteiger partial charge < -0.3 is 9.88 Å². The molecule has 1 saturated heterocycles. The molecule has 25 heavy (non-hydrogen) atoms. The number of likely N-dealkylation sites (tertiary alicyclic amines) is 1. The van der Waals surface area contributed by atoms with Crippen molar-refractivity contribution in [1.82, 2.24) is 19.8 Å². The number of hydrogen-bond acceptors (Lipinski definition) is 4. The third-order valence-electron chi connectivity index (χ3n) is 5.97. The van der Waals surface area contributed by atoms with E-state index in [0.29, 0.717) is 17.9 Å².